The summed E-state index contributed by atoms with van der Waals surface area (Å²) in [6.45, 7) is 6.11. The maximum Gasteiger partial charge on any atom is 0.140 e. The van der Waals surface area contributed by atoms with E-state index in [4.69, 9.17) is 9.97 Å². The largest absolute Gasteiger partial charge is 0.294 e. The number of nitrogens with zero attached hydrogens (tertiary/aromatic N) is 5. The Morgan fingerprint density at radius 3 is 1.27 bits per heavy atom. The Balaban J connectivity index is 1.53. The highest BCUT2D eigenvalue weighted by Gasteiger charge is 2.19. The van der Waals surface area contributed by atoms with Crippen LogP contribution in [0, 0.1) is 20.8 Å². The molecule has 0 saturated carbocycles. The van der Waals surface area contributed by atoms with E-state index in [9.17, 15) is 0 Å². The first kappa shape index (κ1) is 23.6. The molecule has 196 valence electrons. The Kier molecular flexibility index (Phi) is 5.10. The van der Waals surface area contributed by atoms with E-state index in [2.05, 4.69) is 137 Å². The van der Waals surface area contributed by atoms with Crippen LogP contribution in [0.25, 0.3) is 66.5 Å². The normalized spacial score (nSPS) is 11.8. The molecule has 0 aliphatic heterocycles. The standard InChI is InChI=1S/C36H27N5/c1-22-23(2)37-24(3)38-36(22)25-20-34(40-30-16-8-4-12-26(30)27-13-5-9-17-31(27)40)39-35(21-25)41-32-18-10-6-14-28(32)29-15-7-11-19-33(29)41/h4-21H,1-3H3. The molecule has 4 aromatic heterocycles. The molecular weight excluding hydrogens is 502 g/mol. The van der Waals surface area contributed by atoms with Crippen molar-refractivity contribution < 1.29 is 0 Å². The summed E-state index contributed by atoms with van der Waals surface area (Å²) in [4.78, 5) is 15.0. The van der Waals surface area contributed by atoms with Gasteiger partial charge in [0.25, 0.3) is 0 Å². The Hall–Kier alpha value is -5.29. The SMILES string of the molecule is Cc1nc(C)c(C)c(-c2cc(-n3c4ccccc4c4ccccc43)nc(-n3c4ccccc4c4ccccc43)c2)n1. The lowest BCUT2D eigenvalue weighted by molar-refractivity contribution is 0.983. The van der Waals surface area contributed by atoms with Gasteiger partial charge in [0.1, 0.15) is 17.5 Å². The Bertz CT molecular complexity index is 2070. The minimum atomic E-state index is 0.761. The molecule has 41 heavy (non-hydrogen) atoms. The third-order valence-corrected chi connectivity index (χ3v) is 8.19. The number of benzene rings is 4. The van der Waals surface area contributed by atoms with E-state index in [1.165, 1.54) is 21.5 Å². The van der Waals surface area contributed by atoms with Gasteiger partial charge in [0.2, 0.25) is 0 Å². The van der Waals surface area contributed by atoms with Crippen LogP contribution >= 0.6 is 0 Å². The van der Waals surface area contributed by atoms with Crippen LogP contribution in [0.2, 0.25) is 0 Å². The molecule has 0 atom stereocenters. The lowest BCUT2D eigenvalue weighted by atomic mass is 10.1. The van der Waals surface area contributed by atoms with Gasteiger partial charge < -0.3 is 0 Å². The average molecular weight is 530 g/mol. The Morgan fingerprint density at radius 2 is 0.854 bits per heavy atom. The molecule has 5 nitrogen and oxygen atoms in total. The minimum absolute atomic E-state index is 0.761. The molecular formula is C36H27N5. The summed E-state index contributed by atoms with van der Waals surface area (Å²) in [5.41, 5.74) is 8.50. The van der Waals surface area contributed by atoms with Gasteiger partial charge in [-0.2, -0.15) is 0 Å². The van der Waals surface area contributed by atoms with Gasteiger partial charge in [0, 0.05) is 32.8 Å². The lowest BCUT2D eigenvalue weighted by Gasteiger charge is -2.16. The van der Waals surface area contributed by atoms with Gasteiger partial charge in [-0.05, 0) is 62.7 Å². The van der Waals surface area contributed by atoms with Gasteiger partial charge in [0.15, 0.2) is 0 Å². The van der Waals surface area contributed by atoms with Crippen molar-refractivity contribution in [2.24, 2.45) is 0 Å². The molecule has 0 spiro atoms. The second-order valence-electron chi connectivity index (χ2n) is 10.6. The van der Waals surface area contributed by atoms with Crippen molar-refractivity contribution >= 4 is 43.6 Å². The van der Waals surface area contributed by atoms with Crippen LogP contribution < -0.4 is 0 Å². The van der Waals surface area contributed by atoms with E-state index in [0.29, 0.717) is 0 Å². The van der Waals surface area contributed by atoms with Crippen molar-refractivity contribution in [3.63, 3.8) is 0 Å². The molecule has 0 unspecified atom stereocenters. The average Bonchev–Trinajstić information content (AvgIpc) is 3.52. The van der Waals surface area contributed by atoms with Gasteiger partial charge >= 0.3 is 0 Å². The molecule has 5 heteroatoms. The lowest BCUT2D eigenvalue weighted by Crippen LogP contribution is -2.06. The van der Waals surface area contributed by atoms with Crippen LogP contribution in [0.1, 0.15) is 17.1 Å². The molecule has 8 rings (SSSR count). The molecule has 4 aromatic carbocycles. The van der Waals surface area contributed by atoms with Crippen molar-refractivity contribution in [3.05, 3.63) is 126 Å². The highest BCUT2D eigenvalue weighted by Crippen LogP contribution is 2.36. The van der Waals surface area contributed by atoms with Crippen LogP contribution in [0.15, 0.2) is 109 Å². The molecule has 0 fully saturated rings. The first-order chi connectivity index (χ1) is 20.1. The Labute approximate surface area is 237 Å². The summed E-state index contributed by atoms with van der Waals surface area (Å²) in [7, 11) is 0. The fourth-order valence-electron chi connectivity index (χ4n) is 6.26. The van der Waals surface area contributed by atoms with E-state index < -0.39 is 0 Å². The molecule has 0 bridgehead atoms. The van der Waals surface area contributed by atoms with Crippen LogP contribution in [0.5, 0.6) is 0 Å². The summed E-state index contributed by atoms with van der Waals surface area (Å²) < 4.78 is 4.56. The van der Waals surface area contributed by atoms with Gasteiger partial charge in [-0.15, -0.1) is 0 Å². The van der Waals surface area contributed by atoms with Gasteiger partial charge in [-0.25, -0.2) is 15.0 Å². The van der Waals surface area contributed by atoms with E-state index in [1.807, 2.05) is 6.92 Å². The predicted octanol–water partition coefficient (Wildman–Crippen LogP) is 8.66. The summed E-state index contributed by atoms with van der Waals surface area (Å²) in [6.07, 6.45) is 0. The summed E-state index contributed by atoms with van der Waals surface area (Å²) in [5.74, 6) is 2.46. The zero-order chi connectivity index (χ0) is 27.7. The number of aryl methyl sites for hydroxylation is 2. The highest BCUT2D eigenvalue weighted by atomic mass is 15.1. The summed E-state index contributed by atoms with van der Waals surface area (Å²) >= 11 is 0. The van der Waals surface area contributed by atoms with Gasteiger partial charge in [-0.3, -0.25) is 9.13 Å². The smallest absolute Gasteiger partial charge is 0.140 e. The minimum Gasteiger partial charge on any atom is -0.294 e. The third-order valence-electron chi connectivity index (χ3n) is 8.19. The van der Waals surface area contributed by atoms with Gasteiger partial charge in [-0.1, -0.05) is 72.8 Å². The topological polar surface area (TPSA) is 48.5 Å². The summed E-state index contributed by atoms with van der Waals surface area (Å²) in [6, 6.07) is 38.6. The molecule has 8 aromatic rings. The predicted molar refractivity (Wildman–Crippen MR) is 168 cm³/mol. The molecule has 0 aliphatic rings. The number of para-hydroxylation sites is 4. The van der Waals surface area contributed by atoms with E-state index in [0.717, 1.165) is 62.0 Å². The molecule has 4 heterocycles. The number of fused-ring (bicyclic) bond motifs is 6. The van der Waals surface area contributed by atoms with E-state index in [-0.39, 0.29) is 0 Å². The van der Waals surface area contributed by atoms with Gasteiger partial charge in [0.05, 0.1) is 27.8 Å². The van der Waals surface area contributed by atoms with Crippen molar-refractivity contribution in [2.45, 2.75) is 20.8 Å². The number of aromatic nitrogens is 5. The van der Waals surface area contributed by atoms with Crippen LogP contribution in [-0.4, -0.2) is 24.1 Å². The fourth-order valence-corrected chi connectivity index (χ4v) is 6.26. The van der Waals surface area contributed by atoms with Crippen molar-refractivity contribution in [1.82, 2.24) is 24.1 Å². The molecule has 0 aliphatic carbocycles. The monoisotopic (exact) mass is 529 g/mol. The molecule has 0 amide bonds. The zero-order valence-electron chi connectivity index (χ0n) is 23.1. The second-order valence-corrected chi connectivity index (χ2v) is 10.6. The Morgan fingerprint density at radius 1 is 0.463 bits per heavy atom. The number of pyridine rings is 1. The second kappa shape index (κ2) is 8.86. The van der Waals surface area contributed by atoms with Crippen LogP contribution in [0.4, 0.5) is 0 Å². The van der Waals surface area contributed by atoms with Crippen molar-refractivity contribution in [1.29, 1.82) is 0 Å². The maximum atomic E-state index is 5.40. The van der Waals surface area contributed by atoms with Crippen molar-refractivity contribution in [3.8, 4) is 22.9 Å². The van der Waals surface area contributed by atoms with E-state index >= 15 is 0 Å². The van der Waals surface area contributed by atoms with Crippen molar-refractivity contribution in [2.75, 3.05) is 0 Å². The highest BCUT2D eigenvalue weighted by molar-refractivity contribution is 6.10. The molecule has 0 saturated heterocycles. The maximum absolute atomic E-state index is 5.40. The summed E-state index contributed by atoms with van der Waals surface area (Å²) in [5, 5.41) is 4.83. The quantitative estimate of drug-likeness (QED) is 0.230. The molecule has 0 N–H and O–H groups in total. The number of rotatable bonds is 3. The third kappa shape index (κ3) is 3.52. The number of hydrogen-bond acceptors (Lipinski definition) is 3. The molecule has 0 radical (unpaired) electrons. The first-order valence-corrected chi connectivity index (χ1v) is 13.9. The number of hydrogen-bond donors (Lipinski definition) is 0. The first-order valence-electron chi connectivity index (χ1n) is 13.9. The fraction of sp³-hybridized carbons (Fsp3) is 0.0833. The zero-order valence-corrected chi connectivity index (χ0v) is 23.1. The van der Waals surface area contributed by atoms with Crippen LogP contribution in [-0.2, 0) is 0 Å². The van der Waals surface area contributed by atoms with E-state index in [1.54, 1.807) is 0 Å². The van der Waals surface area contributed by atoms with Crippen LogP contribution in [0.3, 0.4) is 0 Å².